The topological polar surface area (TPSA) is 63.2 Å². The van der Waals surface area contributed by atoms with Gasteiger partial charge in [-0.2, -0.15) is 4.39 Å². The SMILES string of the molecule is COc1ccc(SCc2nc(NC(=O)NCc3cccc(F)c3)sc2F)cc1. The predicted octanol–water partition coefficient (Wildman–Crippen LogP) is 5.04. The van der Waals surface area contributed by atoms with Crippen LogP contribution < -0.4 is 15.4 Å². The second kappa shape index (κ2) is 9.52. The molecule has 1 aromatic heterocycles. The smallest absolute Gasteiger partial charge is 0.321 e. The van der Waals surface area contributed by atoms with Crippen molar-refractivity contribution in [2.24, 2.45) is 0 Å². The zero-order valence-electron chi connectivity index (χ0n) is 14.9. The highest BCUT2D eigenvalue weighted by atomic mass is 32.2. The third-order valence-corrected chi connectivity index (χ3v) is 5.47. The molecular weight excluding hydrogens is 404 g/mol. The number of ether oxygens (including phenoxy) is 1. The average Bonchev–Trinajstić information content (AvgIpc) is 3.04. The van der Waals surface area contributed by atoms with Gasteiger partial charge in [-0.25, -0.2) is 14.2 Å². The number of thioether (sulfide) groups is 1. The summed E-state index contributed by atoms with van der Waals surface area (Å²) in [6.45, 7) is 0.150. The molecule has 0 saturated heterocycles. The minimum absolute atomic E-state index is 0.150. The van der Waals surface area contributed by atoms with Crippen molar-refractivity contribution in [1.29, 1.82) is 0 Å². The van der Waals surface area contributed by atoms with Crippen LogP contribution in [0.2, 0.25) is 0 Å². The van der Waals surface area contributed by atoms with Gasteiger partial charge in [-0.05, 0) is 42.0 Å². The second-order valence-electron chi connectivity index (χ2n) is 5.64. The van der Waals surface area contributed by atoms with E-state index in [4.69, 9.17) is 4.74 Å². The first-order valence-electron chi connectivity index (χ1n) is 8.25. The molecular formula is C19H17F2N3O2S2. The Morgan fingerprint density at radius 2 is 2.00 bits per heavy atom. The Morgan fingerprint density at radius 1 is 1.21 bits per heavy atom. The number of methoxy groups -OCH3 is 1. The Bertz CT molecular complexity index is 949. The fourth-order valence-electron chi connectivity index (χ4n) is 2.27. The van der Waals surface area contributed by atoms with Gasteiger partial charge < -0.3 is 10.1 Å². The Kier molecular flexibility index (Phi) is 6.83. The van der Waals surface area contributed by atoms with E-state index in [1.165, 1.54) is 23.9 Å². The van der Waals surface area contributed by atoms with Crippen LogP contribution >= 0.6 is 23.1 Å². The number of benzene rings is 2. The summed E-state index contributed by atoms with van der Waals surface area (Å²) in [6, 6.07) is 12.8. The largest absolute Gasteiger partial charge is 0.497 e. The molecule has 3 aromatic rings. The summed E-state index contributed by atoms with van der Waals surface area (Å²) in [5, 5.41) is 4.80. The Labute approximate surface area is 169 Å². The van der Waals surface area contributed by atoms with E-state index in [9.17, 15) is 13.6 Å². The summed E-state index contributed by atoms with van der Waals surface area (Å²) in [4.78, 5) is 17.0. The van der Waals surface area contributed by atoms with E-state index in [0.29, 0.717) is 11.3 Å². The second-order valence-corrected chi connectivity index (χ2v) is 7.64. The maximum Gasteiger partial charge on any atom is 0.321 e. The van der Waals surface area contributed by atoms with Gasteiger partial charge in [0.15, 0.2) is 5.13 Å². The van der Waals surface area contributed by atoms with Crippen LogP contribution in [0.4, 0.5) is 18.7 Å². The lowest BCUT2D eigenvalue weighted by atomic mass is 10.2. The molecule has 1 heterocycles. The number of aromatic nitrogens is 1. The molecule has 0 unspecified atom stereocenters. The third kappa shape index (κ3) is 5.67. The third-order valence-electron chi connectivity index (χ3n) is 3.65. The number of nitrogens with zero attached hydrogens (tertiary/aromatic N) is 1. The highest BCUT2D eigenvalue weighted by Crippen LogP contribution is 2.29. The lowest BCUT2D eigenvalue weighted by Crippen LogP contribution is -2.28. The molecule has 0 aliphatic rings. The van der Waals surface area contributed by atoms with E-state index >= 15 is 0 Å². The summed E-state index contributed by atoms with van der Waals surface area (Å²) >= 11 is 2.20. The molecule has 0 aliphatic heterocycles. The molecule has 0 atom stereocenters. The minimum atomic E-state index is -0.535. The van der Waals surface area contributed by atoms with Crippen LogP contribution in [0.25, 0.3) is 0 Å². The van der Waals surface area contributed by atoms with Crippen LogP contribution in [0.15, 0.2) is 53.4 Å². The maximum atomic E-state index is 14.1. The monoisotopic (exact) mass is 421 g/mol. The zero-order chi connectivity index (χ0) is 19.9. The summed E-state index contributed by atoms with van der Waals surface area (Å²) in [5.41, 5.74) is 0.892. The van der Waals surface area contributed by atoms with Gasteiger partial charge in [-0.15, -0.1) is 11.8 Å². The summed E-state index contributed by atoms with van der Waals surface area (Å²) in [7, 11) is 1.59. The van der Waals surface area contributed by atoms with Gasteiger partial charge in [0.25, 0.3) is 0 Å². The number of hydrogen-bond donors (Lipinski definition) is 2. The van der Waals surface area contributed by atoms with Crippen molar-refractivity contribution in [1.82, 2.24) is 10.3 Å². The fourth-order valence-corrected chi connectivity index (χ4v) is 3.89. The maximum absolute atomic E-state index is 14.1. The minimum Gasteiger partial charge on any atom is -0.497 e. The highest BCUT2D eigenvalue weighted by molar-refractivity contribution is 7.98. The lowest BCUT2D eigenvalue weighted by Gasteiger charge is -2.05. The van der Waals surface area contributed by atoms with E-state index in [1.807, 2.05) is 24.3 Å². The first-order chi connectivity index (χ1) is 13.5. The Balaban J connectivity index is 1.51. The number of urea groups is 1. The fraction of sp³-hybridized carbons (Fsp3) is 0.158. The number of halogens is 2. The number of nitrogens with one attached hydrogen (secondary N) is 2. The summed E-state index contributed by atoms with van der Waals surface area (Å²) in [6.07, 6.45) is 0. The van der Waals surface area contributed by atoms with E-state index in [-0.39, 0.29) is 23.2 Å². The molecule has 146 valence electrons. The molecule has 3 rings (SSSR count). The first-order valence-corrected chi connectivity index (χ1v) is 10.0. The van der Waals surface area contributed by atoms with Crippen molar-refractivity contribution in [2.75, 3.05) is 12.4 Å². The molecule has 0 aliphatic carbocycles. The van der Waals surface area contributed by atoms with Gasteiger partial charge >= 0.3 is 6.03 Å². The van der Waals surface area contributed by atoms with Crippen LogP contribution in [-0.2, 0) is 12.3 Å². The zero-order valence-corrected chi connectivity index (χ0v) is 16.5. The molecule has 0 spiro atoms. The van der Waals surface area contributed by atoms with E-state index in [0.717, 1.165) is 22.0 Å². The van der Waals surface area contributed by atoms with Crippen molar-refractivity contribution in [3.05, 3.63) is 70.7 Å². The van der Waals surface area contributed by atoms with Crippen molar-refractivity contribution >= 4 is 34.3 Å². The van der Waals surface area contributed by atoms with Crippen molar-refractivity contribution in [3.8, 4) is 5.75 Å². The van der Waals surface area contributed by atoms with Crippen molar-refractivity contribution < 1.29 is 18.3 Å². The molecule has 0 radical (unpaired) electrons. The van der Waals surface area contributed by atoms with Gasteiger partial charge in [0, 0.05) is 17.2 Å². The molecule has 0 bridgehead atoms. The lowest BCUT2D eigenvalue weighted by molar-refractivity contribution is 0.251. The number of hydrogen-bond acceptors (Lipinski definition) is 5. The molecule has 9 heteroatoms. The number of carbonyl (C=O) groups is 1. The van der Waals surface area contributed by atoms with Crippen LogP contribution in [0.3, 0.4) is 0 Å². The Morgan fingerprint density at radius 3 is 2.71 bits per heavy atom. The quantitative estimate of drug-likeness (QED) is 0.525. The molecule has 2 N–H and O–H groups in total. The molecule has 5 nitrogen and oxygen atoms in total. The van der Waals surface area contributed by atoms with Crippen LogP contribution in [0.1, 0.15) is 11.3 Å². The van der Waals surface area contributed by atoms with Gasteiger partial charge in [-0.3, -0.25) is 5.32 Å². The molecule has 0 fully saturated rings. The predicted molar refractivity (Wildman–Crippen MR) is 107 cm³/mol. The van der Waals surface area contributed by atoms with Crippen LogP contribution in [0.5, 0.6) is 5.75 Å². The number of amides is 2. The van der Waals surface area contributed by atoms with E-state index in [2.05, 4.69) is 15.6 Å². The summed E-state index contributed by atoms with van der Waals surface area (Å²) < 4.78 is 32.3. The van der Waals surface area contributed by atoms with E-state index in [1.54, 1.807) is 19.2 Å². The number of anilines is 1. The number of rotatable bonds is 7. The molecule has 0 saturated carbocycles. The average molecular weight is 421 g/mol. The number of carbonyl (C=O) groups excluding carboxylic acids is 1. The highest BCUT2D eigenvalue weighted by Gasteiger charge is 2.13. The molecule has 2 amide bonds. The van der Waals surface area contributed by atoms with Gasteiger partial charge in [0.05, 0.1) is 7.11 Å². The molecule has 2 aromatic carbocycles. The first kappa shape index (κ1) is 20.1. The molecule has 28 heavy (non-hydrogen) atoms. The van der Waals surface area contributed by atoms with Gasteiger partial charge in [0.2, 0.25) is 5.13 Å². The van der Waals surface area contributed by atoms with Crippen molar-refractivity contribution in [2.45, 2.75) is 17.2 Å². The van der Waals surface area contributed by atoms with Gasteiger partial charge in [0.1, 0.15) is 17.3 Å². The van der Waals surface area contributed by atoms with Crippen LogP contribution in [-0.4, -0.2) is 18.1 Å². The van der Waals surface area contributed by atoms with E-state index < -0.39 is 11.2 Å². The summed E-state index contributed by atoms with van der Waals surface area (Å²) in [5.74, 6) is 0.710. The normalized spacial score (nSPS) is 10.5. The van der Waals surface area contributed by atoms with Gasteiger partial charge in [-0.1, -0.05) is 23.5 Å². The number of thiazole rings is 1. The van der Waals surface area contributed by atoms with Crippen LogP contribution in [0, 0.1) is 10.9 Å². The van der Waals surface area contributed by atoms with Crippen molar-refractivity contribution in [3.63, 3.8) is 0 Å². The standard InChI is InChI=1S/C19H17F2N3O2S2/c1-26-14-5-7-15(8-6-14)27-11-16-17(21)28-19(23-16)24-18(25)22-10-12-3-2-4-13(20)9-12/h2-9H,10-11H2,1H3,(H2,22,23,24,25). The Hall–Kier alpha value is -2.65.